The molecule has 4 aliphatic rings. The Bertz CT molecular complexity index is 438. The van der Waals surface area contributed by atoms with Gasteiger partial charge in [0.05, 0.1) is 6.10 Å². The van der Waals surface area contributed by atoms with Crippen LogP contribution in [0.5, 0.6) is 0 Å². The molecule has 0 aromatic rings. The van der Waals surface area contributed by atoms with Gasteiger partial charge in [-0.15, -0.1) is 0 Å². The number of hydrogen-bond donors (Lipinski definition) is 2. The third-order valence-corrected chi connectivity index (χ3v) is 7.11. The molecule has 1 aliphatic heterocycles. The highest BCUT2D eigenvalue weighted by Gasteiger charge is 2.61. The van der Waals surface area contributed by atoms with E-state index in [-0.39, 0.29) is 5.41 Å². The van der Waals surface area contributed by atoms with E-state index in [4.69, 9.17) is 4.74 Å². The summed E-state index contributed by atoms with van der Waals surface area (Å²) in [6.45, 7) is 5.05. The van der Waals surface area contributed by atoms with Crippen molar-refractivity contribution in [2.45, 2.75) is 70.4 Å². The van der Waals surface area contributed by atoms with E-state index < -0.39 is 0 Å². The number of amides is 1. The molecular weight excluding hydrogens is 276 g/mol. The molecule has 4 nitrogen and oxygen atoms in total. The molecule has 22 heavy (non-hydrogen) atoms. The highest BCUT2D eigenvalue weighted by Crippen LogP contribution is 2.59. The lowest BCUT2D eigenvalue weighted by molar-refractivity contribution is -0.145. The van der Waals surface area contributed by atoms with Crippen molar-refractivity contribution in [3.8, 4) is 0 Å². The maximum Gasteiger partial charge on any atom is 0.223 e. The van der Waals surface area contributed by atoms with E-state index in [2.05, 4.69) is 17.6 Å². The van der Waals surface area contributed by atoms with Gasteiger partial charge in [-0.2, -0.15) is 0 Å². The minimum absolute atomic E-state index is 0.266. The van der Waals surface area contributed by atoms with Gasteiger partial charge in [0.2, 0.25) is 5.91 Å². The summed E-state index contributed by atoms with van der Waals surface area (Å²) in [4.78, 5) is 12.7. The summed E-state index contributed by atoms with van der Waals surface area (Å²) in [7, 11) is 0. The van der Waals surface area contributed by atoms with E-state index >= 15 is 0 Å². The molecule has 2 N–H and O–H groups in total. The molecule has 4 rings (SSSR count). The van der Waals surface area contributed by atoms with Crippen LogP contribution in [0.4, 0.5) is 0 Å². The molecule has 3 aliphatic carbocycles. The largest absolute Gasteiger partial charge is 0.378 e. The highest BCUT2D eigenvalue weighted by molar-refractivity contribution is 5.83. The van der Waals surface area contributed by atoms with Crippen molar-refractivity contribution in [3.05, 3.63) is 0 Å². The SMILES string of the molecule is CCOC1CC(NC(=O)C2CC23CCNCC3)C12CCCC2. The molecule has 0 radical (unpaired) electrons. The molecule has 1 heterocycles. The predicted molar refractivity (Wildman–Crippen MR) is 85.5 cm³/mol. The first kappa shape index (κ1) is 14.9. The Labute approximate surface area is 133 Å². The van der Waals surface area contributed by atoms with E-state index in [0.29, 0.717) is 29.4 Å². The Morgan fingerprint density at radius 1 is 1.23 bits per heavy atom. The lowest BCUT2D eigenvalue weighted by Gasteiger charge is -2.54. The molecule has 1 saturated heterocycles. The standard InChI is InChI=1S/C18H30N2O2/c1-2-22-15-11-14(18(15)5-3-4-6-18)20-16(21)13-12-17(13)7-9-19-10-8-17/h13-15,19H,2-12H2,1H3,(H,20,21). The van der Waals surface area contributed by atoms with Crippen molar-refractivity contribution in [2.24, 2.45) is 16.7 Å². The quantitative estimate of drug-likeness (QED) is 0.837. The third kappa shape index (κ3) is 2.22. The number of carbonyl (C=O) groups is 1. The smallest absolute Gasteiger partial charge is 0.223 e. The van der Waals surface area contributed by atoms with Crippen LogP contribution in [-0.2, 0) is 9.53 Å². The maximum absolute atomic E-state index is 12.7. The summed E-state index contributed by atoms with van der Waals surface area (Å²) < 4.78 is 5.95. The van der Waals surface area contributed by atoms with Crippen LogP contribution in [0.25, 0.3) is 0 Å². The molecule has 0 aromatic carbocycles. The van der Waals surface area contributed by atoms with Crippen LogP contribution in [0.15, 0.2) is 0 Å². The van der Waals surface area contributed by atoms with Gasteiger partial charge in [0.15, 0.2) is 0 Å². The third-order valence-electron chi connectivity index (χ3n) is 7.11. The van der Waals surface area contributed by atoms with Crippen LogP contribution in [0, 0.1) is 16.7 Å². The van der Waals surface area contributed by atoms with Gasteiger partial charge in [0.25, 0.3) is 0 Å². The molecule has 2 spiro atoms. The molecule has 1 amide bonds. The zero-order valence-electron chi connectivity index (χ0n) is 13.8. The first-order valence-corrected chi connectivity index (χ1v) is 9.33. The number of rotatable bonds is 4. The summed E-state index contributed by atoms with van der Waals surface area (Å²) in [6, 6.07) is 0.374. The second kappa shape index (κ2) is 5.48. The van der Waals surface area contributed by atoms with E-state index in [0.717, 1.165) is 32.5 Å². The molecule has 3 saturated carbocycles. The van der Waals surface area contributed by atoms with Gasteiger partial charge in [-0.05, 0) is 64.0 Å². The fraction of sp³-hybridized carbons (Fsp3) is 0.944. The number of carbonyl (C=O) groups excluding carboxylic acids is 1. The highest BCUT2D eigenvalue weighted by atomic mass is 16.5. The zero-order valence-corrected chi connectivity index (χ0v) is 13.8. The van der Waals surface area contributed by atoms with Crippen LogP contribution in [0.3, 0.4) is 0 Å². The number of piperidine rings is 1. The van der Waals surface area contributed by atoms with Crippen LogP contribution in [0.2, 0.25) is 0 Å². The fourth-order valence-corrected chi connectivity index (χ4v) is 5.56. The Kier molecular flexibility index (Phi) is 3.73. The predicted octanol–water partition coefficient (Wildman–Crippen LogP) is 2.23. The molecule has 3 atom stereocenters. The van der Waals surface area contributed by atoms with Crippen LogP contribution in [-0.4, -0.2) is 37.7 Å². The van der Waals surface area contributed by atoms with Gasteiger partial charge in [-0.1, -0.05) is 12.8 Å². The van der Waals surface area contributed by atoms with Crippen molar-refractivity contribution in [3.63, 3.8) is 0 Å². The summed E-state index contributed by atoms with van der Waals surface area (Å²) in [5.74, 6) is 0.632. The van der Waals surface area contributed by atoms with Crippen molar-refractivity contribution < 1.29 is 9.53 Å². The molecule has 4 heteroatoms. The minimum atomic E-state index is 0.266. The molecule has 0 aromatic heterocycles. The van der Waals surface area contributed by atoms with Crippen molar-refractivity contribution in [1.29, 1.82) is 0 Å². The van der Waals surface area contributed by atoms with Gasteiger partial charge >= 0.3 is 0 Å². The van der Waals surface area contributed by atoms with Crippen LogP contribution >= 0.6 is 0 Å². The zero-order chi connectivity index (χ0) is 15.2. The average molecular weight is 306 g/mol. The average Bonchev–Trinajstić information content (AvgIpc) is 3.00. The second-order valence-electron chi connectivity index (χ2n) is 8.05. The van der Waals surface area contributed by atoms with Crippen LogP contribution < -0.4 is 10.6 Å². The number of nitrogens with one attached hydrogen (secondary N) is 2. The van der Waals surface area contributed by atoms with E-state index in [1.54, 1.807) is 0 Å². The van der Waals surface area contributed by atoms with Crippen molar-refractivity contribution in [1.82, 2.24) is 10.6 Å². The Morgan fingerprint density at radius 3 is 2.64 bits per heavy atom. The summed E-state index contributed by atoms with van der Waals surface area (Å²) in [6.07, 6.45) is 9.98. The van der Waals surface area contributed by atoms with Gasteiger partial charge in [-0.3, -0.25) is 4.79 Å². The lowest BCUT2D eigenvalue weighted by Crippen LogP contribution is -2.64. The van der Waals surface area contributed by atoms with Gasteiger partial charge < -0.3 is 15.4 Å². The van der Waals surface area contributed by atoms with E-state index in [1.807, 2.05) is 0 Å². The number of hydrogen-bond acceptors (Lipinski definition) is 3. The maximum atomic E-state index is 12.7. The minimum Gasteiger partial charge on any atom is -0.378 e. The molecule has 3 unspecified atom stereocenters. The normalized spacial score (nSPS) is 38.0. The Morgan fingerprint density at radius 2 is 1.95 bits per heavy atom. The molecule has 124 valence electrons. The van der Waals surface area contributed by atoms with Gasteiger partial charge in [0.1, 0.15) is 0 Å². The lowest BCUT2D eigenvalue weighted by atomic mass is 9.60. The first-order chi connectivity index (χ1) is 10.7. The molecular formula is C18H30N2O2. The first-order valence-electron chi connectivity index (χ1n) is 9.33. The van der Waals surface area contributed by atoms with Crippen molar-refractivity contribution in [2.75, 3.05) is 19.7 Å². The monoisotopic (exact) mass is 306 g/mol. The summed E-state index contributed by atoms with van der Waals surface area (Å²) >= 11 is 0. The second-order valence-corrected chi connectivity index (χ2v) is 8.05. The van der Waals surface area contributed by atoms with Gasteiger partial charge in [0, 0.05) is 24.0 Å². The van der Waals surface area contributed by atoms with E-state index in [9.17, 15) is 4.79 Å². The van der Waals surface area contributed by atoms with Gasteiger partial charge in [-0.25, -0.2) is 0 Å². The number of ether oxygens (including phenoxy) is 1. The Hall–Kier alpha value is -0.610. The van der Waals surface area contributed by atoms with Crippen LogP contribution in [0.1, 0.15) is 58.3 Å². The topological polar surface area (TPSA) is 50.4 Å². The molecule has 4 fully saturated rings. The fourth-order valence-electron chi connectivity index (χ4n) is 5.56. The molecule has 0 bridgehead atoms. The summed E-state index contributed by atoms with van der Waals surface area (Å²) in [5, 5.41) is 6.85. The van der Waals surface area contributed by atoms with Crippen molar-refractivity contribution >= 4 is 5.91 Å². The Balaban J connectivity index is 1.36. The summed E-state index contributed by atoms with van der Waals surface area (Å²) in [5.41, 5.74) is 0.614. The van der Waals surface area contributed by atoms with E-state index in [1.165, 1.54) is 38.5 Å².